The number of rotatable bonds is 6. The summed E-state index contributed by atoms with van der Waals surface area (Å²) >= 11 is 0. The Balaban J connectivity index is 1.83. The first-order chi connectivity index (χ1) is 15.6. The molecule has 2 aromatic carbocycles. The summed E-state index contributed by atoms with van der Waals surface area (Å²) in [6, 6.07) is 5.54. The number of Topliss-reactive ketones (excluding diaryl/α,β-unsaturated/α-hetero) is 1. The topological polar surface area (TPSA) is 63.2 Å². The van der Waals surface area contributed by atoms with Gasteiger partial charge in [0.25, 0.3) is 0 Å². The van der Waals surface area contributed by atoms with Crippen molar-refractivity contribution in [2.45, 2.75) is 71.0 Å². The van der Waals surface area contributed by atoms with Gasteiger partial charge in [-0.2, -0.15) is 0 Å². The lowest BCUT2D eigenvalue weighted by molar-refractivity contribution is 0.0639. The number of fused-ring (bicyclic) bond motifs is 3. The summed E-state index contributed by atoms with van der Waals surface area (Å²) in [5.74, 6) is 3.17. The fourth-order valence-corrected chi connectivity index (χ4v) is 4.73. The third-order valence-corrected chi connectivity index (χ3v) is 6.56. The second-order valence-electron chi connectivity index (χ2n) is 10.0. The highest BCUT2D eigenvalue weighted by Crippen LogP contribution is 2.52. The summed E-state index contributed by atoms with van der Waals surface area (Å²) in [7, 11) is 4.79. The molecule has 0 amide bonds. The molecule has 178 valence electrons. The molecule has 6 nitrogen and oxygen atoms in total. The maximum Gasteiger partial charge on any atom is 0.174 e. The average molecular weight is 455 g/mol. The zero-order valence-corrected chi connectivity index (χ0v) is 20.7. The van der Waals surface area contributed by atoms with E-state index in [1.165, 1.54) is 0 Å². The van der Waals surface area contributed by atoms with Crippen LogP contribution in [-0.2, 0) is 19.3 Å². The van der Waals surface area contributed by atoms with E-state index in [1.807, 2.05) is 18.2 Å². The quantitative estimate of drug-likeness (QED) is 0.549. The predicted molar refractivity (Wildman–Crippen MR) is 127 cm³/mol. The van der Waals surface area contributed by atoms with Gasteiger partial charge in [-0.3, -0.25) is 4.79 Å². The van der Waals surface area contributed by atoms with Gasteiger partial charge >= 0.3 is 0 Å². The first kappa shape index (κ1) is 23.3. The van der Waals surface area contributed by atoms with Crippen LogP contribution in [0.15, 0.2) is 18.2 Å². The van der Waals surface area contributed by atoms with Crippen LogP contribution in [0.4, 0.5) is 0 Å². The number of methoxy groups -OCH3 is 3. The summed E-state index contributed by atoms with van der Waals surface area (Å²) in [4.78, 5) is 13.8. The van der Waals surface area contributed by atoms with Crippen LogP contribution in [0.25, 0.3) is 0 Å². The maximum absolute atomic E-state index is 13.8. The second-order valence-corrected chi connectivity index (χ2v) is 10.0. The third kappa shape index (κ3) is 4.35. The van der Waals surface area contributed by atoms with Crippen molar-refractivity contribution < 1.29 is 28.5 Å². The molecule has 0 fully saturated rings. The summed E-state index contributed by atoms with van der Waals surface area (Å²) in [5, 5.41) is 0. The SMILES string of the molecule is COc1ccc(CC(=O)c2c(OC)c3c(c4c2OC(C)(C)CC4)OC(C)(C)CC3)cc1OC. The molecule has 0 saturated carbocycles. The predicted octanol–water partition coefficient (Wildman–Crippen LogP) is 5.35. The molecule has 0 atom stereocenters. The van der Waals surface area contributed by atoms with Crippen molar-refractivity contribution in [1.82, 2.24) is 0 Å². The number of hydrogen-bond donors (Lipinski definition) is 0. The van der Waals surface area contributed by atoms with Crippen LogP contribution in [0.3, 0.4) is 0 Å². The molecule has 0 unspecified atom stereocenters. The number of ketones is 1. The average Bonchev–Trinajstić information content (AvgIpc) is 2.76. The largest absolute Gasteiger partial charge is 0.495 e. The minimum Gasteiger partial charge on any atom is -0.495 e. The molecule has 2 aliphatic heterocycles. The fraction of sp³-hybridized carbons (Fsp3) is 0.519. The summed E-state index contributed by atoms with van der Waals surface area (Å²) in [6.45, 7) is 8.29. The molecule has 2 aliphatic rings. The van der Waals surface area contributed by atoms with Crippen molar-refractivity contribution in [3.8, 4) is 28.7 Å². The zero-order chi connectivity index (χ0) is 24.0. The third-order valence-electron chi connectivity index (χ3n) is 6.56. The summed E-state index contributed by atoms with van der Waals surface area (Å²) in [6.07, 6.45) is 3.48. The molecule has 6 heteroatoms. The van der Waals surface area contributed by atoms with Gasteiger partial charge in [0, 0.05) is 17.5 Å². The molecule has 2 heterocycles. The van der Waals surface area contributed by atoms with Crippen LogP contribution >= 0.6 is 0 Å². The van der Waals surface area contributed by atoms with E-state index in [1.54, 1.807) is 21.3 Å². The molecule has 4 rings (SSSR count). The highest BCUT2D eigenvalue weighted by molar-refractivity contribution is 6.04. The van der Waals surface area contributed by atoms with Gasteiger partial charge in [0.05, 0.1) is 21.3 Å². The lowest BCUT2D eigenvalue weighted by Gasteiger charge is -2.40. The number of benzene rings is 2. The Morgan fingerprint density at radius 1 is 0.848 bits per heavy atom. The molecule has 0 aliphatic carbocycles. The Morgan fingerprint density at radius 2 is 1.45 bits per heavy atom. The van der Waals surface area contributed by atoms with Gasteiger partial charge in [-0.15, -0.1) is 0 Å². The Labute approximate surface area is 196 Å². The molecule has 0 spiro atoms. The molecule has 33 heavy (non-hydrogen) atoms. The number of carbonyl (C=O) groups is 1. The molecule has 0 radical (unpaired) electrons. The van der Waals surface area contributed by atoms with Gasteiger partial charge in [0.15, 0.2) is 17.3 Å². The van der Waals surface area contributed by atoms with Crippen LogP contribution in [0.5, 0.6) is 28.7 Å². The number of carbonyl (C=O) groups excluding carboxylic acids is 1. The van der Waals surface area contributed by atoms with E-state index in [4.69, 9.17) is 23.7 Å². The van der Waals surface area contributed by atoms with Gasteiger partial charge in [-0.1, -0.05) is 6.07 Å². The molecule has 0 N–H and O–H groups in total. The minimum absolute atomic E-state index is 0.0550. The summed E-state index contributed by atoms with van der Waals surface area (Å²) < 4.78 is 29.5. The molecule has 0 aromatic heterocycles. The van der Waals surface area contributed by atoms with E-state index in [-0.39, 0.29) is 23.4 Å². The molecular formula is C27H34O6. The maximum atomic E-state index is 13.8. The van der Waals surface area contributed by atoms with Crippen LogP contribution in [0.1, 0.15) is 67.6 Å². The van der Waals surface area contributed by atoms with E-state index < -0.39 is 0 Å². The van der Waals surface area contributed by atoms with Gasteiger partial charge in [-0.25, -0.2) is 0 Å². The van der Waals surface area contributed by atoms with Gasteiger partial charge in [0.1, 0.15) is 34.0 Å². The first-order valence-corrected chi connectivity index (χ1v) is 11.5. The second kappa shape index (κ2) is 8.47. The van der Waals surface area contributed by atoms with Crippen molar-refractivity contribution in [3.05, 3.63) is 40.5 Å². The van der Waals surface area contributed by atoms with E-state index >= 15 is 0 Å². The van der Waals surface area contributed by atoms with E-state index in [0.717, 1.165) is 48.1 Å². The van der Waals surface area contributed by atoms with Gasteiger partial charge in [-0.05, 0) is 71.1 Å². The highest BCUT2D eigenvalue weighted by atomic mass is 16.5. The Morgan fingerprint density at radius 3 is 2.06 bits per heavy atom. The molecule has 0 bridgehead atoms. The van der Waals surface area contributed by atoms with Crippen molar-refractivity contribution in [2.75, 3.05) is 21.3 Å². The smallest absolute Gasteiger partial charge is 0.174 e. The van der Waals surface area contributed by atoms with Crippen LogP contribution in [-0.4, -0.2) is 38.3 Å². The van der Waals surface area contributed by atoms with E-state index in [0.29, 0.717) is 28.6 Å². The van der Waals surface area contributed by atoms with Crippen LogP contribution in [0, 0.1) is 0 Å². The number of ether oxygens (including phenoxy) is 5. The van der Waals surface area contributed by atoms with E-state index in [2.05, 4.69) is 27.7 Å². The Hall–Kier alpha value is -2.89. The van der Waals surface area contributed by atoms with Crippen molar-refractivity contribution in [1.29, 1.82) is 0 Å². The Bertz CT molecular complexity index is 1080. The zero-order valence-electron chi connectivity index (χ0n) is 20.7. The van der Waals surface area contributed by atoms with Gasteiger partial charge in [0.2, 0.25) is 0 Å². The van der Waals surface area contributed by atoms with E-state index in [9.17, 15) is 4.79 Å². The fourth-order valence-electron chi connectivity index (χ4n) is 4.73. The van der Waals surface area contributed by atoms with Crippen molar-refractivity contribution in [3.63, 3.8) is 0 Å². The first-order valence-electron chi connectivity index (χ1n) is 11.5. The normalized spacial score (nSPS) is 17.7. The number of hydrogen-bond acceptors (Lipinski definition) is 6. The van der Waals surface area contributed by atoms with Crippen molar-refractivity contribution in [2.24, 2.45) is 0 Å². The Kier molecular flexibility index (Phi) is 5.97. The summed E-state index contributed by atoms with van der Waals surface area (Å²) in [5.41, 5.74) is 2.64. The van der Waals surface area contributed by atoms with Crippen LogP contribution in [0.2, 0.25) is 0 Å². The molecular weight excluding hydrogens is 420 g/mol. The van der Waals surface area contributed by atoms with Crippen molar-refractivity contribution >= 4 is 5.78 Å². The minimum atomic E-state index is -0.380. The molecule has 0 saturated heterocycles. The standard InChI is InChI=1S/C27H34O6/c1-26(2)12-10-17-23(32-26)18-11-13-27(3,4)33-25(18)22(24(17)31-7)19(28)14-16-8-9-20(29-5)21(15-16)30-6/h8-9,15H,10-14H2,1-7H3. The monoisotopic (exact) mass is 454 g/mol. The highest BCUT2D eigenvalue weighted by Gasteiger charge is 2.40. The van der Waals surface area contributed by atoms with Crippen LogP contribution < -0.4 is 23.7 Å². The lowest BCUT2D eigenvalue weighted by atomic mass is 9.84. The molecule has 2 aromatic rings. The van der Waals surface area contributed by atoms with Gasteiger partial charge < -0.3 is 23.7 Å². The lowest BCUT2D eigenvalue weighted by Crippen LogP contribution is -2.37.